The standard InChI is InChI=1S/C19H18FN3O3S/c1-11-17(27-19(21-11)23-13-6-4-5-12(20)7-13)18(24)22-14-8-15(25-2)10-16(9-14)26-3/h4-10H,1-3H3,(H,21,23)(H,22,24). The Hall–Kier alpha value is -3.13. The topological polar surface area (TPSA) is 72.5 Å². The van der Waals surface area contributed by atoms with Crippen molar-refractivity contribution in [1.82, 2.24) is 4.98 Å². The summed E-state index contributed by atoms with van der Waals surface area (Å²) in [6.45, 7) is 1.74. The number of thiazole rings is 1. The third-order valence-corrected chi connectivity index (χ3v) is 4.76. The van der Waals surface area contributed by atoms with Crippen LogP contribution >= 0.6 is 11.3 Å². The van der Waals surface area contributed by atoms with Crippen LogP contribution in [0.1, 0.15) is 15.4 Å². The van der Waals surface area contributed by atoms with Crippen LogP contribution < -0.4 is 20.1 Å². The predicted molar refractivity (Wildman–Crippen MR) is 104 cm³/mol. The van der Waals surface area contributed by atoms with Crippen LogP contribution in [-0.4, -0.2) is 25.1 Å². The highest BCUT2D eigenvalue weighted by atomic mass is 32.1. The molecule has 1 amide bonds. The zero-order valence-corrected chi connectivity index (χ0v) is 15.8. The van der Waals surface area contributed by atoms with Gasteiger partial charge in [0.15, 0.2) is 5.13 Å². The Morgan fingerprint density at radius 2 is 1.78 bits per heavy atom. The number of hydrogen-bond donors (Lipinski definition) is 2. The van der Waals surface area contributed by atoms with Crippen molar-refractivity contribution >= 4 is 33.8 Å². The van der Waals surface area contributed by atoms with Gasteiger partial charge in [0.2, 0.25) is 0 Å². The molecule has 0 aliphatic carbocycles. The molecule has 0 saturated carbocycles. The largest absolute Gasteiger partial charge is 0.497 e. The van der Waals surface area contributed by atoms with Gasteiger partial charge < -0.3 is 20.1 Å². The highest BCUT2D eigenvalue weighted by Gasteiger charge is 2.16. The van der Waals surface area contributed by atoms with E-state index in [0.717, 1.165) is 0 Å². The van der Waals surface area contributed by atoms with E-state index < -0.39 is 0 Å². The fraction of sp³-hybridized carbons (Fsp3) is 0.158. The second-order valence-electron chi connectivity index (χ2n) is 5.62. The second-order valence-corrected chi connectivity index (χ2v) is 6.62. The molecule has 0 aliphatic heterocycles. The molecule has 3 rings (SSSR count). The molecule has 0 saturated heterocycles. The first-order chi connectivity index (χ1) is 13.0. The number of halogens is 1. The number of rotatable bonds is 6. The molecule has 3 aromatic rings. The van der Waals surface area contributed by atoms with Crippen molar-refractivity contribution < 1.29 is 18.7 Å². The number of hydrogen-bond acceptors (Lipinski definition) is 6. The van der Waals surface area contributed by atoms with E-state index in [0.29, 0.717) is 38.6 Å². The number of carbonyl (C=O) groups excluding carboxylic acids is 1. The van der Waals surface area contributed by atoms with Gasteiger partial charge >= 0.3 is 0 Å². The molecule has 0 radical (unpaired) electrons. The summed E-state index contributed by atoms with van der Waals surface area (Å²) in [7, 11) is 3.08. The first-order valence-corrected chi connectivity index (χ1v) is 8.84. The zero-order valence-electron chi connectivity index (χ0n) is 15.0. The molecule has 0 bridgehead atoms. The van der Waals surface area contributed by atoms with Crippen molar-refractivity contribution in [3.63, 3.8) is 0 Å². The number of anilines is 3. The molecule has 2 N–H and O–H groups in total. The first-order valence-electron chi connectivity index (χ1n) is 8.03. The normalized spacial score (nSPS) is 10.4. The van der Waals surface area contributed by atoms with Crippen LogP contribution in [0.2, 0.25) is 0 Å². The second kappa shape index (κ2) is 8.05. The maximum absolute atomic E-state index is 13.3. The van der Waals surface area contributed by atoms with Gasteiger partial charge in [-0.05, 0) is 25.1 Å². The van der Waals surface area contributed by atoms with Gasteiger partial charge in [0.1, 0.15) is 22.2 Å². The minimum Gasteiger partial charge on any atom is -0.497 e. The lowest BCUT2D eigenvalue weighted by Crippen LogP contribution is -2.11. The number of nitrogens with zero attached hydrogens (tertiary/aromatic N) is 1. The Kier molecular flexibility index (Phi) is 5.56. The Morgan fingerprint density at radius 3 is 2.41 bits per heavy atom. The highest BCUT2D eigenvalue weighted by molar-refractivity contribution is 7.17. The van der Waals surface area contributed by atoms with Gasteiger partial charge in [-0.3, -0.25) is 4.79 Å². The van der Waals surface area contributed by atoms with E-state index in [4.69, 9.17) is 9.47 Å². The molecule has 0 aliphatic rings. The van der Waals surface area contributed by atoms with Crippen molar-refractivity contribution in [3.05, 3.63) is 58.9 Å². The zero-order chi connectivity index (χ0) is 19.4. The molecule has 0 atom stereocenters. The van der Waals surface area contributed by atoms with Crippen molar-refractivity contribution in [2.24, 2.45) is 0 Å². The maximum Gasteiger partial charge on any atom is 0.267 e. The van der Waals surface area contributed by atoms with Crippen LogP contribution in [0.5, 0.6) is 11.5 Å². The van der Waals surface area contributed by atoms with Crippen LogP contribution in [0.15, 0.2) is 42.5 Å². The van der Waals surface area contributed by atoms with Gasteiger partial charge in [0.05, 0.1) is 19.9 Å². The summed E-state index contributed by atoms with van der Waals surface area (Å²) in [6.07, 6.45) is 0. The smallest absolute Gasteiger partial charge is 0.267 e. The van der Waals surface area contributed by atoms with Crippen LogP contribution in [0.25, 0.3) is 0 Å². The summed E-state index contributed by atoms with van der Waals surface area (Å²) >= 11 is 1.19. The lowest BCUT2D eigenvalue weighted by atomic mass is 10.2. The fourth-order valence-corrected chi connectivity index (χ4v) is 3.30. The molecule has 0 spiro atoms. The minimum absolute atomic E-state index is 0.299. The van der Waals surface area contributed by atoms with Gasteiger partial charge in [0.25, 0.3) is 5.91 Å². The number of benzene rings is 2. The summed E-state index contributed by atoms with van der Waals surface area (Å²) in [6, 6.07) is 11.2. The van der Waals surface area contributed by atoms with Crippen LogP contribution in [0.3, 0.4) is 0 Å². The number of methoxy groups -OCH3 is 2. The quantitative estimate of drug-likeness (QED) is 0.647. The third-order valence-electron chi connectivity index (χ3n) is 3.69. The molecule has 1 aromatic heterocycles. The Balaban J connectivity index is 1.78. The summed E-state index contributed by atoms with van der Waals surface area (Å²) in [5.74, 6) is 0.490. The first kappa shape index (κ1) is 18.7. The van der Waals surface area contributed by atoms with E-state index in [9.17, 15) is 9.18 Å². The van der Waals surface area contributed by atoms with E-state index in [1.807, 2.05) is 0 Å². The van der Waals surface area contributed by atoms with Gasteiger partial charge in [-0.2, -0.15) is 0 Å². The van der Waals surface area contributed by atoms with Crippen LogP contribution in [-0.2, 0) is 0 Å². The number of nitrogens with one attached hydrogen (secondary N) is 2. The lowest BCUT2D eigenvalue weighted by molar-refractivity contribution is 0.103. The van der Waals surface area contributed by atoms with E-state index in [1.165, 1.54) is 37.7 Å². The number of carbonyl (C=O) groups is 1. The monoisotopic (exact) mass is 387 g/mol. The van der Waals surface area contributed by atoms with Crippen LogP contribution in [0, 0.1) is 12.7 Å². The fourth-order valence-electron chi connectivity index (χ4n) is 2.42. The van der Waals surface area contributed by atoms with Gasteiger partial charge in [-0.15, -0.1) is 0 Å². The number of ether oxygens (including phenoxy) is 2. The molecule has 0 fully saturated rings. The Labute approximate surface area is 160 Å². The molecule has 8 heteroatoms. The number of aryl methyl sites for hydroxylation is 1. The molecule has 1 heterocycles. The average molecular weight is 387 g/mol. The summed E-state index contributed by atoms with van der Waals surface area (Å²) in [5, 5.41) is 6.33. The summed E-state index contributed by atoms with van der Waals surface area (Å²) < 4.78 is 23.7. The number of amides is 1. The third kappa shape index (κ3) is 4.53. The summed E-state index contributed by atoms with van der Waals surface area (Å²) in [5.41, 5.74) is 1.68. The van der Waals surface area contributed by atoms with Crippen molar-refractivity contribution in [2.45, 2.75) is 6.92 Å². The highest BCUT2D eigenvalue weighted by Crippen LogP contribution is 2.29. The molecule has 2 aromatic carbocycles. The molecule has 140 valence electrons. The molecular weight excluding hydrogens is 369 g/mol. The molecule has 6 nitrogen and oxygen atoms in total. The molecule has 0 unspecified atom stereocenters. The molecule has 27 heavy (non-hydrogen) atoms. The summed E-state index contributed by atoms with van der Waals surface area (Å²) in [4.78, 5) is 17.4. The number of aromatic nitrogens is 1. The SMILES string of the molecule is COc1cc(NC(=O)c2sc(Nc3cccc(F)c3)nc2C)cc(OC)c1. The average Bonchev–Trinajstić information content (AvgIpc) is 3.01. The van der Waals surface area contributed by atoms with E-state index >= 15 is 0 Å². The van der Waals surface area contributed by atoms with E-state index in [2.05, 4.69) is 15.6 Å². The van der Waals surface area contributed by atoms with Crippen molar-refractivity contribution in [1.29, 1.82) is 0 Å². The Morgan fingerprint density at radius 1 is 1.07 bits per heavy atom. The van der Waals surface area contributed by atoms with Gasteiger partial charge in [-0.1, -0.05) is 17.4 Å². The molecular formula is C19H18FN3O3S. The van der Waals surface area contributed by atoms with Crippen molar-refractivity contribution in [2.75, 3.05) is 24.9 Å². The minimum atomic E-state index is -0.349. The van der Waals surface area contributed by atoms with E-state index in [-0.39, 0.29) is 11.7 Å². The lowest BCUT2D eigenvalue weighted by Gasteiger charge is -2.09. The van der Waals surface area contributed by atoms with Crippen molar-refractivity contribution in [3.8, 4) is 11.5 Å². The Bertz CT molecular complexity index is 952. The van der Waals surface area contributed by atoms with Gasteiger partial charge in [0, 0.05) is 29.6 Å². The maximum atomic E-state index is 13.3. The van der Waals surface area contributed by atoms with Gasteiger partial charge in [-0.25, -0.2) is 9.37 Å². The van der Waals surface area contributed by atoms with E-state index in [1.54, 1.807) is 37.3 Å². The predicted octanol–water partition coefficient (Wildman–Crippen LogP) is 4.60. The van der Waals surface area contributed by atoms with Crippen LogP contribution in [0.4, 0.5) is 20.9 Å².